The molecule has 0 atom stereocenters. The summed E-state index contributed by atoms with van der Waals surface area (Å²) in [6.45, 7) is 2.81. The molecular formula is C25H23NO4. The first-order chi connectivity index (χ1) is 14.7. The molecule has 0 saturated heterocycles. The van der Waals surface area contributed by atoms with Crippen LogP contribution in [0.25, 0.3) is 16.8 Å². The predicted molar refractivity (Wildman–Crippen MR) is 118 cm³/mol. The quantitative estimate of drug-likeness (QED) is 0.303. The Labute approximate surface area is 175 Å². The molecule has 0 radical (unpaired) electrons. The van der Waals surface area contributed by atoms with Crippen LogP contribution in [0, 0.1) is 0 Å². The van der Waals surface area contributed by atoms with Crippen molar-refractivity contribution in [3.05, 3.63) is 77.5 Å². The Morgan fingerprint density at radius 1 is 1.03 bits per heavy atom. The van der Waals surface area contributed by atoms with E-state index < -0.39 is 5.97 Å². The molecule has 5 nitrogen and oxygen atoms in total. The van der Waals surface area contributed by atoms with Crippen molar-refractivity contribution in [3.8, 4) is 11.5 Å². The third-order valence-electron chi connectivity index (χ3n) is 4.92. The molecule has 0 aromatic heterocycles. The van der Waals surface area contributed by atoms with Crippen molar-refractivity contribution in [2.24, 2.45) is 4.99 Å². The van der Waals surface area contributed by atoms with E-state index in [9.17, 15) is 4.79 Å². The van der Waals surface area contributed by atoms with E-state index in [1.165, 1.54) is 0 Å². The van der Waals surface area contributed by atoms with Crippen molar-refractivity contribution in [1.82, 2.24) is 0 Å². The van der Waals surface area contributed by atoms with Crippen LogP contribution in [0.5, 0.6) is 11.5 Å². The molecular weight excluding hydrogens is 378 g/mol. The monoisotopic (exact) mass is 401 g/mol. The lowest BCUT2D eigenvalue weighted by Gasteiger charge is -2.08. The Bertz CT molecular complexity index is 1130. The minimum Gasteiger partial charge on any atom is -0.496 e. The van der Waals surface area contributed by atoms with Gasteiger partial charge in [0.25, 0.3) is 0 Å². The second kappa shape index (κ2) is 8.82. The Balaban J connectivity index is 1.64. The summed E-state index contributed by atoms with van der Waals surface area (Å²) in [5.41, 5.74) is 1.76. The van der Waals surface area contributed by atoms with Gasteiger partial charge in [0, 0.05) is 11.1 Å². The second-order valence-electron chi connectivity index (χ2n) is 6.97. The van der Waals surface area contributed by atoms with Gasteiger partial charge in [-0.1, -0.05) is 43.7 Å². The smallest absolute Gasteiger partial charge is 0.363 e. The molecule has 1 heterocycles. The van der Waals surface area contributed by atoms with Crippen molar-refractivity contribution >= 4 is 28.7 Å². The first-order valence-electron chi connectivity index (χ1n) is 10.0. The molecule has 1 aliphatic heterocycles. The molecule has 0 aliphatic carbocycles. The Hall–Kier alpha value is -3.60. The molecule has 0 unspecified atom stereocenters. The number of hydrogen-bond acceptors (Lipinski definition) is 5. The minimum absolute atomic E-state index is 0.239. The highest BCUT2D eigenvalue weighted by Gasteiger charge is 2.25. The molecule has 1 aliphatic rings. The Morgan fingerprint density at radius 3 is 2.60 bits per heavy atom. The standard InChI is InChI=1S/C25H23NO4/c1-3-4-15-29-19-12-9-18(10-13-19)24-26-22(25(27)30-24)16-21-20-8-6-5-7-17(20)11-14-23(21)28-2/h5-14,16H,3-4,15H2,1-2H3. The van der Waals surface area contributed by atoms with Gasteiger partial charge in [-0.3, -0.25) is 0 Å². The molecule has 0 N–H and O–H groups in total. The number of unbranched alkanes of at least 4 members (excludes halogenated alkanes) is 1. The summed E-state index contributed by atoms with van der Waals surface area (Å²) < 4.78 is 16.6. The van der Waals surface area contributed by atoms with Crippen LogP contribution >= 0.6 is 0 Å². The van der Waals surface area contributed by atoms with Crippen LogP contribution in [0.1, 0.15) is 30.9 Å². The van der Waals surface area contributed by atoms with E-state index in [0.29, 0.717) is 12.4 Å². The van der Waals surface area contributed by atoms with Gasteiger partial charge in [-0.2, -0.15) is 0 Å². The number of benzene rings is 3. The number of aliphatic imine (C=N–C) groups is 1. The summed E-state index contributed by atoms with van der Waals surface area (Å²) >= 11 is 0. The van der Waals surface area contributed by atoms with E-state index in [0.717, 1.165) is 40.5 Å². The number of methoxy groups -OCH3 is 1. The summed E-state index contributed by atoms with van der Waals surface area (Å²) in [6, 6.07) is 19.2. The topological polar surface area (TPSA) is 57.1 Å². The van der Waals surface area contributed by atoms with E-state index in [-0.39, 0.29) is 11.6 Å². The fourth-order valence-corrected chi connectivity index (χ4v) is 3.30. The molecule has 0 amide bonds. The average molecular weight is 401 g/mol. The lowest BCUT2D eigenvalue weighted by atomic mass is 10.0. The summed E-state index contributed by atoms with van der Waals surface area (Å²) in [5.74, 6) is 1.26. The first-order valence-corrected chi connectivity index (χ1v) is 10.0. The summed E-state index contributed by atoms with van der Waals surface area (Å²) in [4.78, 5) is 16.9. The lowest BCUT2D eigenvalue weighted by Crippen LogP contribution is -2.05. The number of carbonyl (C=O) groups excluding carboxylic acids is 1. The van der Waals surface area contributed by atoms with Crippen LogP contribution in [-0.4, -0.2) is 25.6 Å². The molecule has 0 bridgehead atoms. The van der Waals surface area contributed by atoms with Crippen LogP contribution in [0.15, 0.2) is 71.4 Å². The number of cyclic esters (lactones) is 1. The molecule has 3 aromatic carbocycles. The number of fused-ring (bicyclic) bond motifs is 1. The van der Waals surface area contributed by atoms with Gasteiger partial charge in [-0.05, 0) is 53.6 Å². The molecule has 3 aromatic rings. The van der Waals surface area contributed by atoms with Gasteiger partial charge >= 0.3 is 5.97 Å². The molecule has 30 heavy (non-hydrogen) atoms. The average Bonchev–Trinajstić information content (AvgIpc) is 3.15. The molecule has 4 rings (SSSR count). The largest absolute Gasteiger partial charge is 0.496 e. The zero-order valence-corrected chi connectivity index (χ0v) is 17.1. The molecule has 0 fully saturated rings. The fraction of sp³-hybridized carbons (Fsp3) is 0.200. The van der Waals surface area contributed by atoms with Crippen molar-refractivity contribution in [2.75, 3.05) is 13.7 Å². The van der Waals surface area contributed by atoms with Crippen LogP contribution < -0.4 is 9.47 Å². The zero-order valence-electron chi connectivity index (χ0n) is 17.1. The number of esters is 1. The van der Waals surface area contributed by atoms with Gasteiger partial charge in [-0.15, -0.1) is 0 Å². The van der Waals surface area contributed by atoms with E-state index in [4.69, 9.17) is 14.2 Å². The highest BCUT2D eigenvalue weighted by molar-refractivity contribution is 6.13. The van der Waals surface area contributed by atoms with Crippen LogP contribution in [0.3, 0.4) is 0 Å². The van der Waals surface area contributed by atoms with E-state index in [2.05, 4.69) is 11.9 Å². The lowest BCUT2D eigenvalue weighted by molar-refractivity contribution is -0.129. The van der Waals surface area contributed by atoms with Crippen molar-refractivity contribution < 1.29 is 19.0 Å². The summed E-state index contributed by atoms with van der Waals surface area (Å²) in [7, 11) is 1.61. The molecule has 0 spiro atoms. The van der Waals surface area contributed by atoms with E-state index in [1.54, 1.807) is 13.2 Å². The maximum Gasteiger partial charge on any atom is 0.363 e. The number of carbonyl (C=O) groups is 1. The maximum absolute atomic E-state index is 12.5. The van der Waals surface area contributed by atoms with Crippen LogP contribution in [0.2, 0.25) is 0 Å². The highest BCUT2D eigenvalue weighted by atomic mass is 16.6. The normalized spacial score (nSPS) is 14.7. The second-order valence-corrected chi connectivity index (χ2v) is 6.97. The Kier molecular flexibility index (Phi) is 5.80. The fourth-order valence-electron chi connectivity index (χ4n) is 3.30. The molecule has 5 heteroatoms. The van der Waals surface area contributed by atoms with E-state index in [1.807, 2.05) is 60.7 Å². The molecule has 152 valence electrons. The third kappa shape index (κ3) is 4.06. The van der Waals surface area contributed by atoms with Gasteiger partial charge in [0.2, 0.25) is 5.90 Å². The van der Waals surface area contributed by atoms with Gasteiger partial charge in [0.1, 0.15) is 11.5 Å². The first kappa shape index (κ1) is 19.7. The van der Waals surface area contributed by atoms with Crippen molar-refractivity contribution in [1.29, 1.82) is 0 Å². The van der Waals surface area contributed by atoms with Gasteiger partial charge < -0.3 is 14.2 Å². The van der Waals surface area contributed by atoms with Gasteiger partial charge in [0.05, 0.1) is 13.7 Å². The zero-order chi connectivity index (χ0) is 20.9. The number of rotatable bonds is 7. The number of nitrogens with zero attached hydrogens (tertiary/aromatic N) is 1. The minimum atomic E-state index is -0.483. The number of hydrogen-bond donors (Lipinski definition) is 0. The Morgan fingerprint density at radius 2 is 1.83 bits per heavy atom. The van der Waals surface area contributed by atoms with E-state index >= 15 is 0 Å². The van der Waals surface area contributed by atoms with Gasteiger partial charge in [0.15, 0.2) is 5.70 Å². The highest BCUT2D eigenvalue weighted by Crippen LogP contribution is 2.31. The van der Waals surface area contributed by atoms with Crippen molar-refractivity contribution in [2.45, 2.75) is 19.8 Å². The summed E-state index contributed by atoms with van der Waals surface area (Å²) in [6.07, 6.45) is 3.82. The third-order valence-corrected chi connectivity index (χ3v) is 4.92. The number of ether oxygens (including phenoxy) is 3. The van der Waals surface area contributed by atoms with Crippen LogP contribution in [0.4, 0.5) is 0 Å². The van der Waals surface area contributed by atoms with Gasteiger partial charge in [-0.25, -0.2) is 9.79 Å². The summed E-state index contributed by atoms with van der Waals surface area (Å²) in [5, 5.41) is 2.04. The SMILES string of the molecule is CCCCOc1ccc(C2=NC(=Cc3c(OC)ccc4ccccc34)C(=O)O2)cc1. The van der Waals surface area contributed by atoms with Crippen molar-refractivity contribution in [3.63, 3.8) is 0 Å². The maximum atomic E-state index is 12.5. The molecule has 0 saturated carbocycles. The van der Waals surface area contributed by atoms with Crippen LogP contribution in [-0.2, 0) is 9.53 Å². The predicted octanol–water partition coefficient (Wildman–Crippen LogP) is 5.37.